The molecule has 0 bridgehead atoms. The molecule has 1 saturated heterocycles. The summed E-state index contributed by atoms with van der Waals surface area (Å²) in [5, 5.41) is 5.19. The molecule has 0 unspecified atom stereocenters. The van der Waals surface area contributed by atoms with Crippen molar-refractivity contribution in [3.05, 3.63) is 18.1 Å². The molecule has 0 spiro atoms. The van der Waals surface area contributed by atoms with E-state index in [0.717, 1.165) is 6.20 Å². The summed E-state index contributed by atoms with van der Waals surface area (Å²) >= 11 is 0. The van der Waals surface area contributed by atoms with Crippen LogP contribution in [-0.2, 0) is 10.9 Å². The number of morpholine rings is 1. The predicted octanol–water partition coefficient (Wildman–Crippen LogP) is 2.30. The highest BCUT2D eigenvalue weighted by Gasteiger charge is 2.40. The number of hydrogen-bond donors (Lipinski definition) is 2. The highest BCUT2D eigenvalue weighted by molar-refractivity contribution is 5.85. The summed E-state index contributed by atoms with van der Waals surface area (Å²) in [6.45, 7) is 0.870. The van der Waals surface area contributed by atoms with Crippen LogP contribution in [0, 0.1) is 0 Å². The summed E-state index contributed by atoms with van der Waals surface area (Å²) in [6, 6.07) is -0.485. The molecule has 2 atom stereocenters. The Balaban J connectivity index is 0.00000242. The van der Waals surface area contributed by atoms with E-state index in [4.69, 9.17) is 0 Å². The third-order valence-electron chi connectivity index (χ3n) is 2.92. The minimum Gasteiger partial charge on any atom is -0.367 e. The van der Waals surface area contributed by atoms with Crippen LogP contribution in [-0.4, -0.2) is 41.3 Å². The van der Waals surface area contributed by atoms with E-state index in [1.165, 1.54) is 6.92 Å². The Hall–Kier alpha value is -1.26. The van der Waals surface area contributed by atoms with Gasteiger partial charge in [0.2, 0.25) is 0 Å². The summed E-state index contributed by atoms with van der Waals surface area (Å²) in [6.07, 6.45) is -6.91. The number of hydrogen-bond acceptors (Lipinski definition) is 5. The molecule has 1 aliphatic heterocycles. The quantitative estimate of drug-likeness (QED) is 0.821. The van der Waals surface area contributed by atoms with Crippen molar-refractivity contribution in [2.45, 2.75) is 31.4 Å². The van der Waals surface area contributed by atoms with Crippen molar-refractivity contribution in [2.24, 2.45) is 0 Å². The molecule has 2 heterocycles. The Kier molecular flexibility index (Phi) is 5.88. The third-order valence-corrected chi connectivity index (χ3v) is 2.92. The van der Waals surface area contributed by atoms with E-state index in [1.54, 1.807) is 0 Å². The molecule has 0 radical (unpaired) electrons. The summed E-state index contributed by atoms with van der Waals surface area (Å²) in [5.41, 5.74) is -1.13. The van der Waals surface area contributed by atoms with Gasteiger partial charge in [0, 0.05) is 6.54 Å². The average Bonchev–Trinajstić information content (AvgIpc) is 2.36. The number of ether oxygens (including phenoxy) is 1. The van der Waals surface area contributed by atoms with Crippen molar-refractivity contribution in [1.82, 2.24) is 15.3 Å². The van der Waals surface area contributed by atoms with Gasteiger partial charge < -0.3 is 15.4 Å². The van der Waals surface area contributed by atoms with E-state index in [9.17, 15) is 22.0 Å². The first kappa shape index (κ1) is 18.8. The first-order valence-corrected chi connectivity index (χ1v) is 6.09. The molecule has 1 fully saturated rings. The van der Waals surface area contributed by atoms with Crippen LogP contribution in [0.25, 0.3) is 0 Å². The summed E-state index contributed by atoms with van der Waals surface area (Å²) in [7, 11) is 0. The minimum absolute atomic E-state index is 0. The molecule has 11 heteroatoms. The number of halogens is 6. The Labute approximate surface area is 129 Å². The summed E-state index contributed by atoms with van der Waals surface area (Å²) < 4.78 is 67.7. The Morgan fingerprint density at radius 3 is 2.68 bits per heavy atom. The maximum absolute atomic E-state index is 12.9. The van der Waals surface area contributed by atoms with Gasteiger partial charge in [-0.25, -0.2) is 4.98 Å². The average molecular weight is 349 g/mol. The molecule has 2 rings (SSSR count). The zero-order valence-corrected chi connectivity index (χ0v) is 12.1. The molecule has 5 nitrogen and oxygen atoms in total. The van der Waals surface area contributed by atoms with Gasteiger partial charge in [-0.15, -0.1) is 12.4 Å². The van der Waals surface area contributed by atoms with Gasteiger partial charge in [0.25, 0.3) is 0 Å². The molecule has 0 saturated carbocycles. The number of anilines is 1. The molecule has 126 valence electrons. The zero-order chi connectivity index (χ0) is 15.7. The van der Waals surface area contributed by atoms with E-state index in [2.05, 4.69) is 25.3 Å². The Morgan fingerprint density at radius 2 is 2.09 bits per heavy atom. The molecule has 0 aliphatic carbocycles. The van der Waals surface area contributed by atoms with Crippen molar-refractivity contribution in [2.75, 3.05) is 18.4 Å². The monoisotopic (exact) mass is 348 g/mol. The highest BCUT2D eigenvalue weighted by Crippen LogP contribution is 2.27. The second-order valence-electron chi connectivity index (χ2n) is 4.62. The fourth-order valence-electron chi connectivity index (χ4n) is 1.85. The van der Waals surface area contributed by atoms with E-state index in [0.29, 0.717) is 6.20 Å². The third kappa shape index (κ3) is 4.89. The normalized spacial score (nSPS) is 24.5. The second kappa shape index (κ2) is 6.88. The summed E-state index contributed by atoms with van der Waals surface area (Å²) in [4.78, 5) is 6.81. The van der Waals surface area contributed by atoms with Crippen molar-refractivity contribution in [3.8, 4) is 0 Å². The van der Waals surface area contributed by atoms with Crippen molar-refractivity contribution in [3.63, 3.8) is 0 Å². The van der Waals surface area contributed by atoms with Gasteiger partial charge in [-0.3, -0.25) is 4.98 Å². The molecule has 1 aromatic heterocycles. The van der Waals surface area contributed by atoms with Gasteiger partial charge in [0.05, 0.1) is 31.1 Å². The molecule has 1 aliphatic rings. The number of nitrogens with zero attached hydrogens (tertiary/aromatic N) is 2. The van der Waals surface area contributed by atoms with Crippen molar-refractivity contribution in [1.29, 1.82) is 0 Å². The summed E-state index contributed by atoms with van der Waals surface area (Å²) in [5.74, 6) is -0.0869. The van der Waals surface area contributed by atoms with Gasteiger partial charge >= 0.3 is 12.3 Å². The SMILES string of the molecule is C[C@@H]1OC(F)(F)CN[C@@H]1CNc1cncc(C(F)(F)F)n1.Cl. The molecule has 1 aromatic rings. The molecule has 22 heavy (non-hydrogen) atoms. The Bertz CT molecular complexity index is 502. The van der Waals surface area contributed by atoms with E-state index in [1.807, 2.05) is 0 Å². The number of rotatable bonds is 3. The number of nitrogens with one attached hydrogen (secondary N) is 2. The van der Waals surface area contributed by atoms with Crippen molar-refractivity contribution >= 4 is 18.2 Å². The van der Waals surface area contributed by atoms with E-state index < -0.39 is 36.7 Å². The molecular formula is C11H14ClF5N4O. The first-order chi connectivity index (χ1) is 9.67. The lowest BCUT2D eigenvalue weighted by atomic mass is 10.1. The molecule has 2 N–H and O–H groups in total. The van der Waals surface area contributed by atoms with Crippen molar-refractivity contribution < 1.29 is 26.7 Å². The number of aromatic nitrogens is 2. The molecule has 0 aromatic carbocycles. The van der Waals surface area contributed by atoms with Crippen LogP contribution in [0.5, 0.6) is 0 Å². The predicted molar refractivity (Wildman–Crippen MR) is 70.1 cm³/mol. The lowest BCUT2D eigenvalue weighted by Gasteiger charge is -2.35. The van der Waals surface area contributed by atoms with Gasteiger partial charge in [-0.05, 0) is 6.92 Å². The fraction of sp³-hybridized carbons (Fsp3) is 0.636. The van der Waals surface area contributed by atoms with Crippen LogP contribution in [0.4, 0.5) is 27.8 Å². The minimum atomic E-state index is -4.59. The van der Waals surface area contributed by atoms with Gasteiger partial charge in [-0.1, -0.05) is 0 Å². The van der Waals surface area contributed by atoms with Gasteiger partial charge in [0.1, 0.15) is 5.82 Å². The van der Waals surface area contributed by atoms with E-state index >= 15 is 0 Å². The fourth-order valence-corrected chi connectivity index (χ4v) is 1.85. The smallest absolute Gasteiger partial charge is 0.367 e. The zero-order valence-electron chi connectivity index (χ0n) is 11.3. The van der Waals surface area contributed by atoms with Crippen LogP contribution < -0.4 is 10.6 Å². The standard InChI is InChI=1S/C11H13F5N4O.ClH/c1-6-7(19-5-10(12,13)21-6)2-18-9-4-17-3-8(20-9)11(14,15)16;/h3-4,6-7,19H,2,5H2,1H3,(H,18,20);1H/t6-,7+;/m0./s1. The molecular weight excluding hydrogens is 335 g/mol. The first-order valence-electron chi connectivity index (χ1n) is 6.09. The maximum Gasteiger partial charge on any atom is 0.434 e. The molecule has 0 amide bonds. The lowest BCUT2D eigenvalue weighted by Crippen LogP contribution is -2.57. The van der Waals surface area contributed by atoms with Crippen LogP contribution in [0.3, 0.4) is 0 Å². The van der Waals surface area contributed by atoms with Crippen LogP contribution >= 0.6 is 12.4 Å². The second-order valence-corrected chi connectivity index (χ2v) is 4.62. The Morgan fingerprint density at radius 1 is 1.41 bits per heavy atom. The topological polar surface area (TPSA) is 59.1 Å². The number of alkyl halides is 5. The maximum atomic E-state index is 12.9. The van der Waals surface area contributed by atoms with Crippen LogP contribution in [0.1, 0.15) is 12.6 Å². The lowest BCUT2D eigenvalue weighted by molar-refractivity contribution is -0.278. The van der Waals surface area contributed by atoms with Crippen LogP contribution in [0.2, 0.25) is 0 Å². The van der Waals surface area contributed by atoms with E-state index in [-0.39, 0.29) is 24.8 Å². The van der Waals surface area contributed by atoms with Gasteiger partial charge in [0.15, 0.2) is 5.69 Å². The highest BCUT2D eigenvalue weighted by atomic mass is 35.5. The van der Waals surface area contributed by atoms with Crippen LogP contribution in [0.15, 0.2) is 12.4 Å². The largest absolute Gasteiger partial charge is 0.434 e. The van der Waals surface area contributed by atoms with Gasteiger partial charge in [-0.2, -0.15) is 22.0 Å².